The van der Waals surface area contributed by atoms with E-state index in [1.54, 1.807) is 6.92 Å². The van der Waals surface area contributed by atoms with Crippen LogP contribution in [-0.4, -0.2) is 9.60 Å². The molecule has 0 spiro atoms. The molecule has 0 aliphatic carbocycles. The Hall–Kier alpha value is 0.520. The second-order valence-electron chi connectivity index (χ2n) is 3.66. The summed E-state index contributed by atoms with van der Waals surface area (Å²) in [5, 5.41) is 0. The van der Waals surface area contributed by atoms with E-state index in [4.69, 9.17) is 0 Å². The molecular formula is C9H16F3I. The van der Waals surface area contributed by atoms with Crippen LogP contribution in [0.5, 0.6) is 0 Å². The second kappa shape index (κ2) is 5.41. The lowest BCUT2D eigenvalue weighted by molar-refractivity contribution is -0.139. The van der Waals surface area contributed by atoms with Crippen molar-refractivity contribution in [3.8, 4) is 0 Å². The average Bonchev–Trinajstić information content (AvgIpc) is 1.81. The number of unbranched alkanes of at least 4 members (excludes halogenated alkanes) is 2. The Morgan fingerprint density at radius 3 is 2.08 bits per heavy atom. The van der Waals surface area contributed by atoms with Gasteiger partial charge in [-0.3, -0.25) is 0 Å². The summed E-state index contributed by atoms with van der Waals surface area (Å²) in [5.74, 6) is 0. The molecule has 0 saturated carbocycles. The Morgan fingerprint density at radius 1 is 1.15 bits per heavy atom. The molecule has 1 atom stereocenters. The quantitative estimate of drug-likeness (QED) is 0.392. The molecule has 0 bridgehead atoms. The molecule has 4 heteroatoms. The Labute approximate surface area is 91.4 Å². The molecule has 1 unspecified atom stereocenters. The first-order valence-electron chi connectivity index (χ1n) is 4.52. The molecule has 0 aromatic heterocycles. The van der Waals surface area contributed by atoms with Crippen LogP contribution < -0.4 is 0 Å². The van der Waals surface area contributed by atoms with Crippen molar-refractivity contribution in [1.29, 1.82) is 0 Å². The number of alkyl halides is 4. The lowest BCUT2D eigenvalue weighted by Crippen LogP contribution is -2.25. The highest BCUT2D eigenvalue weighted by atomic mass is 127. The van der Waals surface area contributed by atoms with Gasteiger partial charge in [0.1, 0.15) is 0 Å². The first-order valence-corrected chi connectivity index (χ1v) is 5.60. The minimum atomic E-state index is -4.03. The predicted octanol–water partition coefficient (Wildman–Crippen LogP) is 4.71. The SMILES string of the molecule is CCCCCC(C)(I)CC(F)(F)F. The van der Waals surface area contributed by atoms with Crippen LogP contribution >= 0.6 is 22.6 Å². The van der Waals surface area contributed by atoms with Gasteiger partial charge in [0.15, 0.2) is 0 Å². The van der Waals surface area contributed by atoms with E-state index in [-0.39, 0.29) is 0 Å². The van der Waals surface area contributed by atoms with E-state index in [0.717, 1.165) is 19.3 Å². The smallest absolute Gasteiger partial charge is 0.171 e. The van der Waals surface area contributed by atoms with Crippen molar-refractivity contribution < 1.29 is 13.2 Å². The fourth-order valence-corrected chi connectivity index (χ4v) is 2.06. The molecule has 0 aromatic carbocycles. The van der Waals surface area contributed by atoms with Gasteiger partial charge in [-0.05, 0) is 6.42 Å². The van der Waals surface area contributed by atoms with Crippen LogP contribution in [0.1, 0.15) is 46.0 Å². The molecule has 0 aliphatic rings. The highest BCUT2D eigenvalue weighted by Gasteiger charge is 2.37. The molecule has 0 N–H and O–H groups in total. The van der Waals surface area contributed by atoms with Gasteiger partial charge >= 0.3 is 6.18 Å². The summed E-state index contributed by atoms with van der Waals surface area (Å²) in [5.41, 5.74) is 0. The maximum Gasteiger partial charge on any atom is 0.390 e. The van der Waals surface area contributed by atoms with Gasteiger partial charge in [0.2, 0.25) is 0 Å². The van der Waals surface area contributed by atoms with E-state index in [1.807, 2.05) is 29.5 Å². The van der Waals surface area contributed by atoms with Crippen LogP contribution in [0.2, 0.25) is 0 Å². The average molecular weight is 308 g/mol. The molecule has 0 aromatic rings. The fraction of sp³-hybridized carbons (Fsp3) is 1.00. The molecule has 0 nitrogen and oxygen atoms in total. The molecule has 80 valence electrons. The Kier molecular flexibility index (Phi) is 5.63. The molecule has 0 amide bonds. The van der Waals surface area contributed by atoms with Gasteiger partial charge in [-0.25, -0.2) is 0 Å². The number of hydrogen-bond donors (Lipinski definition) is 0. The summed E-state index contributed by atoms with van der Waals surface area (Å²) >= 11 is 1.92. The standard InChI is InChI=1S/C9H16F3I/c1-3-4-5-6-8(2,13)7-9(10,11)12/h3-7H2,1-2H3. The van der Waals surface area contributed by atoms with Crippen LogP contribution in [0.25, 0.3) is 0 Å². The van der Waals surface area contributed by atoms with Crippen LogP contribution in [0.3, 0.4) is 0 Å². The minimum Gasteiger partial charge on any atom is -0.171 e. The van der Waals surface area contributed by atoms with Crippen molar-refractivity contribution in [2.24, 2.45) is 0 Å². The van der Waals surface area contributed by atoms with Gasteiger partial charge in [-0.2, -0.15) is 13.2 Å². The van der Waals surface area contributed by atoms with E-state index in [9.17, 15) is 13.2 Å². The highest BCUT2D eigenvalue weighted by Crippen LogP contribution is 2.37. The summed E-state index contributed by atoms with van der Waals surface area (Å²) in [6, 6.07) is 0. The number of rotatable bonds is 5. The zero-order valence-corrected chi connectivity index (χ0v) is 10.2. The Bertz CT molecular complexity index is 140. The number of halogens is 4. The van der Waals surface area contributed by atoms with Crippen molar-refractivity contribution >= 4 is 22.6 Å². The fourth-order valence-electron chi connectivity index (χ4n) is 1.25. The molecule has 0 saturated heterocycles. The minimum absolute atomic E-state index is 0.620. The maximum absolute atomic E-state index is 12.1. The zero-order chi connectivity index (χ0) is 10.5. The molecular weight excluding hydrogens is 292 g/mol. The van der Waals surface area contributed by atoms with E-state index in [1.165, 1.54) is 0 Å². The largest absolute Gasteiger partial charge is 0.390 e. The molecule has 0 radical (unpaired) electrons. The lowest BCUT2D eigenvalue weighted by Gasteiger charge is -2.23. The third kappa shape index (κ3) is 8.84. The normalized spacial score (nSPS) is 17.1. The second-order valence-corrected chi connectivity index (χ2v) is 6.27. The van der Waals surface area contributed by atoms with Crippen LogP contribution in [-0.2, 0) is 0 Å². The Morgan fingerprint density at radius 2 is 1.69 bits per heavy atom. The van der Waals surface area contributed by atoms with E-state index in [2.05, 4.69) is 0 Å². The Balaban J connectivity index is 3.80. The molecule has 0 fully saturated rings. The van der Waals surface area contributed by atoms with Crippen molar-refractivity contribution in [2.75, 3.05) is 0 Å². The van der Waals surface area contributed by atoms with Crippen LogP contribution in [0.4, 0.5) is 13.2 Å². The maximum atomic E-state index is 12.1. The molecule has 0 heterocycles. The third-order valence-corrected chi connectivity index (χ3v) is 2.79. The summed E-state index contributed by atoms with van der Waals surface area (Å²) < 4.78 is 35.5. The summed E-state index contributed by atoms with van der Waals surface area (Å²) in [4.78, 5) is 0. The number of hydrogen-bond acceptors (Lipinski definition) is 0. The van der Waals surface area contributed by atoms with E-state index >= 15 is 0 Å². The van der Waals surface area contributed by atoms with Crippen LogP contribution in [0, 0.1) is 0 Å². The van der Waals surface area contributed by atoms with Crippen molar-refractivity contribution in [2.45, 2.75) is 55.5 Å². The summed E-state index contributed by atoms with van der Waals surface area (Å²) in [7, 11) is 0. The van der Waals surface area contributed by atoms with Crippen molar-refractivity contribution in [1.82, 2.24) is 0 Å². The van der Waals surface area contributed by atoms with Crippen molar-refractivity contribution in [3.05, 3.63) is 0 Å². The van der Waals surface area contributed by atoms with Gasteiger partial charge < -0.3 is 0 Å². The third-order valence-electron chi connectivity index (χ3n) is 1.87. The summed E-state index contributed by atoms with van der Waals surface area (Å²) in [6.45, 7) is 3.73. The topological polar surface area (TPSA) is 0 Å². The van der Waals surface area contributed by atoms with Crippen LogP contribution in [0.15, 0.2) is 0 Å². The highest BCUT2D eigenvalue weighted by molar-refractivity contribution is 14.1. The monoisotopic (exact) mass is 308 g/mol. The van der Waals surface area contributed by atoms with E-state index < -0.39 is 16.0 Å². The molecule has 13 heavy (non-hydrogen) atoms. The van der Waals surface area contributed by atoms with E-state index in [0.29, 0.717) is 6.42 Å². The molecule has 0 aliphatic heterocycles. The van der Waals surface area contributed by atoms with Crippen molar-refractivity contribution in [3.63, 3.8) is 0 Å². The lowest BCUT2D eigenvalue weighted by atomic mass is 10.00. The van der Waals surface area contributed by atoms with Gasteiger partial charge in [-0.15, -0.1) is 0 Å². The summed E-state index contributed by atoms with van der Waals surface area (Å²) in [6.07, 6.45) is -1.07. The first kappa shape index (κ1) is 13.5. The van der Waals surface area contributed by atoms with Gasteiger partial charge in [0.05, 0.1) is 6.42 Å². The predicted molar refractivity (Wildman–Crippen MR) is 57.2 cm³/mol. The van der Waals surface area contributed by atoms with Gasteiger partial charge in [0, 0.05) is 3.42 Å². The first-order chi connectivity index (χ1) is 5.77. The molecule has 0 rings (SSSR count). The van der Waals surface area contributed by atoms with Gasteiger partial charge in [0.25, 0.3) is 0 Å². The zero-order valence-electron chi connectivity index (χ0n) is 8.05. The van der Waals surface area contributed by atoms with Gasteiger partial charge in [-0.1, -0.05) is 55.7 Å².